The standard InChI is InChI=1S/C5H13OSi/c1-4-5-6-7(2)3/h5,7H,4H2,1-3H3. The van der Waals surface area contributed by atoms with Crippen LogP contribution in [0.5, 0.6) is 0 Å². The van der Waals surface area contributed by atoms with Crippen LogP contribution in [0.1, 0.15) is 13.3 Å². The molecule has 0 aromatic heterocycles. The molecule has 43 valence electrons. The monoisotopic (exact) mass is 117 g/mol. The van der Waals surface area contributed by atoms with E-state index in [4.69, 9.17) is 4.43 Å². The van der Waals surface area contributed by atoms with Gasteiger partial charge in [-0.15, -0.1) is 0 Å². The van der Waals surface area contributed by atoms with Crippen molar-refractivity contribution in [1.82, 2.24) is 0 Å². The van der Waals surface area contributed by atoms with Crippen molar-refractivity contribution in [3.63, 3.8) is 0 Å². The Morgan fingerprint density at radius 2 is 2.14 bits per heavy atom. The minimum absolute atomic E-state index is 0.744. The fraction of sp³-hybridized carbons (Fsp3) is 0.800. The van der Waals surface area contributed by atoms with Gasteiger partial charge in [0.1, 0.15) is 0 Å². The lowest BCUT2D eigenvalue weighted by Crippen LogP contribution is -2.03. The van der Waals surface area contributed by atoms with Crippen LogP contribution in [0.2, 0.25) is 13.1 Å². The van der Waals surface area contributed by atoms with E-state index in [-0.39, 0.29) is 0 Å². The highest BCUT2D eigenvalue weighted by Crippen LogP contribution is 1.90. The highest BCUT2D eigenvalue weighted by Gasteiger charge is 1.90. The summed E-state index contributed by atoms with van der Waals surface area (Å²) < 4.78 is 5.20. The van der Waals surface area contributed by atoms with E-state index >= 15 is 0 Å². The van der Waals surface area contributed by atoms with Crippen LogP contribution in [-0.2, 0) is 4.43 Å². The highest BCUT2D eigenvalue weighted by molar-refractivity contribution is 6.48. The Morgan fingerprint density at radius 3 is 2.29 bits per heavy atom. The van der Waals surface area contributed by atoms with Crippen LogP contribution in [0.25, 0.3) is 0 Å². The van der Waals surface area contributed by atoms with Gasteiger partial charge in [-0.1, -0.05) is 6.92 Å². The highest BCUT2D eigenvalue weighted by atomic mass is 28.3. The molecule has 0 bridgehead atoms. The van der Waals surface area contributed by atoms with E-state index in [1.807, 2.05) is 6.61 Å². The van der Waals surface area contributed by atoms with E-state index in [0.717, 1.165) is 6.42 Å². The Balaban J connectivity index is 2.68. The molecule has 0 amide bonds. The van der Waals surface area contributed by atoms with Gasteiger partial charge in [-0.2, -0.15) is 0 Å². The molecule has 0 atom stereocenters. The van der Waals surface area contributed by atoms with Crippen LogP contribution < -0.4 is 0 Å². The molecule has 0 unspecified atom stereocenters. The first-order valence-corrected chi connectivity index (χ1v) is 5.52. The van der Waals surface area contributed by atoms with E-state index in [2.05, 4.69) is 20.0 Å². The minimum atomic E-state index is -0.744. The number of hydrogen-bond acceptors (Lipinski definition) is 1. The lowest BCUT2D eigenvalue weighted by atomic mass is 10.5. The molecule has 0 aliphatic rings. The lowest BCUT2D eigenvalue weighted by molar-refractivity contribution is 0.410. The molecule has 0 N–H and O–H groups in total. The average Bonchev–Trinajstić information content (AvgIpc) is 1.61. The zero-order chi connectivity index (χ0) is 5.70. The van der Waals surface area contributed by atoms with Gasteiger partial charge >= 0.3 is 0 Å². The topological polar surface area (TPSA) is 9.23 Å². The van der Waals surface area contributed by atoms with Crippen molar-refractivity contribution < 1.29 is 4.43 Å². The van der Waals surface area contributed by atoms with E-state index in [0.29, 0.717) is 0 Å². The molecule has 0 aromatic carbocycles. The van der Waals surface area contributed by atoms with Crippen LogP contribution in [-0.4, -0.2) is 9.04 Å². The summed E-state index contributed by atoms with van der Waals surface area (Å²) in [6.45, 7) is 8.28. The molecule has 0 fully saturated rings. The van der Waals surface area contributed by atoms with Gasteiger partial charge in [0.15, 0.2) is 9.04 Å². The summed E-state index contributed by atoms with van der Waals surface area (Å²) >= 11 is 0. The zero-order valence-electron chi connectivity index (χ0n) is 5.27. The molecule has 0 saturated carbocycles. The third-order valence-electron chi connectivity index (χ3n) is 0.535. The quantitative estimate of drug-likeness (QED) is 0.510. The maximum atomic E-state index is 5.20. The minimum Gasteiger partial charge on any atom is -0.415 e. The van der Waals surface area contributed by atoms with Crippen molar-refractivity contribution in [2.45, 2.75) is 26.4 Å². The molecule has 0 aliphatic heterocycles. The molecule has 1 nitrogen and oxygen atoms in total. The van der Waals surface area contributed by atoms with Crippen molar-refractivity contribution >= 4 is 9.04 Å². The largest absolute Gasteiger partial charge is 0.415 e. The van der Waals surface area contributed by atoms with Gasteiger partial charge < -0.3 is 4.43 Å². The Morgan fingerprint density at radius 1 is 1.57 bits per heavy atom. The molecule has 0 aromatic rings. The normalized spacial score (nSPS) is 10.3. The molecular weight excluding hydrogens is 104 g/mol. The number of rotatable bonds is 3. The summed E-state index contributed by atoms with van der Waals surface area (Å²) in [5, 5.41) is 0. The van der Waals surface area contributed by atoms with Crippen LogP contribution in [0, 0.1) is 6.61 Å². The lowest BCUT2D eigenvalue weighted by Gasteiger charge is -2.00. The second-order valence-corrected chi connectivity index (χ2v) is 4.13. The first-order chi connectivity index (χ1) is 3.27. The van der Waals surface area contributed by atoms with Gasteiger partial charge in [0.25, 0.3) is 0 Å². The van der Waals surface area contributed by atoms with Crippen molar-refractivity contribution in [3.05, 3.63) is 6.61 Å². The molecule has 0 rings (SSSR count). The summed E-state index contributed by atoms with van der Waals surface area (Å²) in [6, 6.07) is 0. The predicted octanol–water partition coefficient (Wildman–Crippen LogP) is 1.56. The molecule has 0 aliphatic carbocycles. The maximum absolute atomic E-state index is 5.20. The van der Waals surface area contributed by atoms with Gasteiger partial charge in [-0.3, -0.25) is 0 Å². The van der Waals surface area contributed by atoms with Gasteiger partial charge in [0.2, 0.25) is 0 Å². The Hall–Kier alpha value is 0.177. The average molecular weight is 117 g/mol. The molecule has 1 radical (unpaired) electrons. The zero-order valence-corrected chi connectivity index (χ0v) is 6.42. The second-order valence-electron chi connectivity index (χ2n) is 1.76. The van der Waals surface area contributed by atoms with Gasteiger partial charge in [-0.25, -0.2) is 0 Å². The molecular formula is C5H13OSi. The third kappa shape index (κ3) is 6.18. The van der Waals surface area contributed by atoms with Crippen molar-refractivity contribution in [1.29, 1.82) is 0 Å². The summed E-state index contributed by atoms with van der Waals surface area (Å²) in [4.78, 5) is 0. The van der Waals surface area contributed by atoms with Crippen molar-refractivity contribution in [2.24, 2.45) is 0 Å². The summed E-state index contributed by atoms with van der Waals surface area (Å²) in [5.74, 6) is 0. The molecule has 0 spiro atoms. The fourth-order valence-electron chi connectivity index (χ4n) is 0.289. The van der Waals surface area contributed by atoms with Gasteiger partial charge in [0, 0.05) is 0 Å². The molecule has 2 heteroatoms. The predicted molar refractivity (Wildman–Crippen MR) is 34.6 cm³/mol. The Labute approximate surface area is 47.4 Å². The van der Waals surface area contributed by atoms with Crippen molar-refractivity contribution in [2.75, 3.05) is 0 Å². The SMILES string of the molecule is CC[CH]O[SiH](C)C. The molecule has 7 heavy (non-hydrogen) atoms. The Bertz CT molecular complexity index is 37.1. The van der Waals surface area contributed by atoms with Crippen LogP contribution in [0.3, 0.4) is 0 Å². The molecule has 0 heterocycles. The summed E-state index contributed by atoms with van der Waals surface area (Å²) in [6.07, 6.45) is 1.03. The van der Waals surface area contributed by atoms with E-state index in [9.17, 15) is 0 Å². The van der Waals surface area contributed by atoms with Gasteiger partial charge in [-0.05, 0) is 19.5 Å². The fourth-order valence-corrected chi connectivity index (χ4v) is 0.866. The first kappa shape index (κ1) is 7.18. The van der Waals surface area contributed by atoms with Crippen molar-refractivity contribution in [3.8, 4) is 0 Å². The number of hydrogen-bond donors (Lipinski definition) is 0. The summed E-state index contributed by atoms with van der Waals surface area (Å²) in [5.41, 5.74) is 0. The second kappa shape index (κ2) is 4.34. The summed E-state index contributed by atoms with van der Waals surface area (Å²) in [7, 11) is -0.744. The van der Waals surface area contributed by atoms with Gasteiger partial charge in [0.05, 0.1) is 6.61 Å². The molecule has 0 saturated heterocycles. The first-order valence-electron chi connectivity index (χ1n) is 2.74. The Kier molecular flexibility index (Phi) is 4.45. The van der Waals surface area contributed by atoms with Crippen LogP contribution in [0.15, 0.2) is 0 Å². The van der Waals surface area contributed by atoms with E-state index in [1.54, 1.807) is 0 Å². The van der Waals surface area contributed by atoms with E-state index < -0.39 is 9.04 Å². The van der Waals surface area contributed by atoms with E-state index in [1.165, 1.54) is 0 Å². The van der Waals surface area contributed by atoms with Crippen LogP contribution >= 0.6 is 0 Å². The smallest absolute Gasteiger partial charge is 0.171 e. The maximum Gasteiger partial charge on any atom is 0.171 e. The van der Waals surface area contributed by atoms with Crippen LogP contribution in [0.4, 0.5) is 0 Å². The third-order valence-corrected chi connectivity index (χ3v) is 1.27.